The summed E-state index contributed by atoms with van der Waals surface area (Å²) in [5.74, 6) is 0.578. The van der Waals surface area contributed by atoms with Gasteiger partial charge in [-0.05, 0) is 67.1 Å². The van der Waals surface area contributed by atoms with Crippen LogP contribution in [0.15, 0.2) is 76.5 Å². The van der Waals surface area contributed by atoms with Gasteiger partial charge in [0.15, 0.2) is 0 Å². The summed E-state index contributed by atoms with van der Waals surface area (Å²) in [6.07, 6.45) is 0. The SMILES string of the molecule is COc1ccc(S(=O)(=O)Nc2ccc(S(=O)(=O)Nc3ccccc3Cl)cc2)cc1C. The van der Waals surface area contributed by atoms with Crippen molar-refractivity contribution in [3.05, 3.63) is 77.3 Å². The van der Waals surface area contributed by atoms with Gasteiger partial charge in [-0.1, -0.05) is 23.7 Å². The molecule has 0 aliphatic carbocycles. The molecule has 0 heterocycles. The quantitative estimate of drug-likeness (QED) is 0.541. The summed E-state index contributed by atoms with van der Waals surface area (Å²) in [5, 5.41) is 0.264. The molecule has 3 aromatic rings. The number of nitrogens with one attached hydrogen (secondary N) is 2. The van der Waals surface area contributed by atoms with Crippen molar-refractivity contribution in [1.82, 2.24) is 0 Å². The van der Waals surface area contributed by atoms with Gasteiger partial charge >= 0.3 is 0 Å². The second-order valence-electron chi connectivity index (χ2n) is 6.35. The topological polar surface area (TPSA) is 102 Å². The standard InChI is InChI=1S/C20H19ClN2O5S2/c1-14-13-17(11-12-20(14)28-2)30(26,27)22-15-7-9-16(10-8-15)29(24,25)23-19-6-4-3-5-18(19)21/h3-13,22-23H,1-2H3. The zero-order valence-corrected chi connectivity index (χ0v) is 18.5. The van der Waals surface area contributed by atoms with Crippen LogP contribution in [0, 0.1) is 6.92 Å². The van der Waals surface area contributed by atoms with Crippen molar-refractivity contribution in [1.29, 1.82) is 0 Å². The van der Waals surface area contributed by atoms with E-state index in [1.807, 2.05) is 0 Å². The molecule has 0 aliphatic rings. The molecule has 0 atom stereocenters. The first kappa shape index (κ1) is 21.9. The fraction of sp³-hybridized carbons (Fsp3) is 0.100. The maximum atomic E-state index is 12.6. The van der Waals surface area contributed by atoms with Crippen LogP contribution in [0.5, 0.6) is 5.75 Å². The highest BCUT2D eigenvalue weighted by atomic mass is 35.5. The Hall–Kier alpha value is -2.75. The van der Waals surface area contributed by atoms with Gasteiger partial charge in [0.05, 0.1) is 27.6 Å². The minimum atomic E-state index is -3.89. The van der Waals surface area contributed by atoms with Crippen molar-refractivity contribution in [2.24, 2.45) is 0 Å². The van der Waals surface area contributed by atoms with E-state index in [1.54, 1.807) is 37.3 Å². The van der Waals surface area contributed by atoms with E-state index in [1.165, 1.54) is 43.5 Å². The van der Waals surface area contributed by atoms with Gasteiger partial charge in [-0.15, -0.1) is 0 Å². The Labute approximate surface area is 180 Å². The monoisotopic (exact) mass is 466 g/mol. The third-order valence-electron chi connectivity index (χ3n) is 4.21. The number of para-hydroxylation sites is 1. The Balaban J connectivity index is 1.80. The first-order valence-corrected chi connectivity index (χ1v) is 12.0. The largest absolute Gasteiger partial charge is 0.496 e. The zero-order valence-electron chi connectivity index (χ0n) is 16.1. The molecule has 0 unspecified atom stereocenters. The van der Waals surface area contributed by atoms with Crippen LogP contribution in [0.3, 0.4) is 0 Å². The van der Waals surface area contributed by atoms with E-state index in [4.69, 9.17) is 16.3 Å². The van der Waals surface area contributed by atoms with Crippen molar-refractivity contribution in [3.8, 4) is 5.75 Å². The highest BCUT2D eigenvalue weighted by Gasteiger charge is 2.18. The Morgan fingerprint density at radius 3 is 2.00 bits per heavy atom. The number of aryl methyl sites for hydroxylation is 1. The van der Waals surface area contributed by atoms with Crippen LogP contribution in [0.25, 0.3) is 0 Å². The molecule has 3 rings (SSSR count). The van der Waals surface area contributed by atoms with Gasteiger partial charge in [-0.3, -0.25) is 9.44 Å². The molecule has 0 spiro atoms. The smallest absolute Gasteiger partial charge is 0.261 e. The average molecular weight is 467 g/mol. The van der Waals surface area contributed by atoms with Crippen LogP contribution >= 0.6 is 11.6 Å². The summed E-state index contributed by atoms with van der Waals surface area (Å²) in [6, 6.07) is 16.3. The molecule has 30 heavy (non-hydrogen) atoms. The first-order valence-electron chi connectivity index (χ1n) is 8.67. The Morgan fingerprint density at radius 1 is 0.800 bits per heavy atom. The van der Waals surface area contributed by atoms with Gasteiger partial charge in [0, 0.05) is 5.69 Å². The number of anilines is 2. The van der Waals surface area contributed by atoms with Crippen molar-refractivity contribution >= 4 is 43.0 Å². The second-order valence-corrected chi connectivity index (χ2v) is 10.1. The number of methoxy groups -OCH3 is 1. The van der Waals surface area contributed by atoms with E-state index in [-0.39, 0.29) is 26.2 Å². The minimum Gasteiger partial charge on any atom is -0.496 e. The van der Waals surface area contributed by atoms with Crippen LogP contribution in [0.2, 0.25) is 5.02 Å². The Bertz CT molecular complexity index is 1270. The summed E-state index contributed by atoms with van der Waals surface area (Å²) in [4.78, 5) is 0.0311. The van der Waals surface area contributed by atoms with E-state index in [2.05, 4.69) is 9.44 Å². The van der Waals surface area contributed by atoms with E-state index in [0.29, 0.717) is 11.3 Å². The second kappa shape index (κ2) is 8.55. The molecule has 0 bridgehead atoms. The maximum Gasteiger partial charge on any atom is 0.261 e. The normalized spacial score (nSPS) is 11.7. The number of benzene rings is 3. The minimum absolute atomic E-state index is 0.0364. The van der Waals surface area contributed by atoms with Crippen molar-refractivity contribution < 1.29 is 21.6 Å². The molecule has 0 saturated heterocycles. The first-order chi connectivity index (χ1) is 14.1. The number of hydrogen-bond donors (Lipinski definition) is 2. The van der Waals surface area contributed by atoms with E-state index in [0.717, 1.165) is 0 Å². The van der Waals surface area contributed by atoms with Gasteiger partial charge in [0.2, 0.25) is 0 Å². The van der Waals surface area contributed by atoms with Gasteiger partial charge in [-0.2, -0.15) is 0 Å². The molecule has 0 radical (unpaired) electrons. The van der Waals surface area contributed by atoms with Gasteiger partial charge in [-0.25, -0.2) is 16.8 Å². The molecule has 158 valence electrons. The van der Waals surface area contributed by atoms with Crippen molar-refractivity contribution in [2.75, 3.05) is 16.6 Å². The predicted molar refractivity (Wildman–Crippen MR) is 117 cm³/mol. The van der Waals surface area contributed by atoms with E-state index >= 15 is 0 Å². The summed E-state index contributed by atoms with van der Waals surface area (Å²) < 4.78 is 60.3. The molecule has 2 N–H and O–H groups in total. The Kier molecular flexibility index (Phi) is 6.25. The van der Waals surface area contributed by atoms with Crippen LogP contribution in [0.1, 0.15) is 5.56 Å². The van der Waals surface area contributed by atoms with Crippen molar-refractivity contribution in [2.45, 2.75) is 16.7 Å². The summed E-state index contributed by atoms with van der Waals surface area (Å²) in [5.41, 5.74) is 1.14. The zero-order chi connectivity index (χ0) is 21.9. The third kappa shape index (κ3) is 4.86. The molecular weight excluding hydrogens is 448 g/mol. The van der Waals surface area contributed by atoms with Crippen LogP contribution in [0.4, 0.5) is 11.4 Å². The average Bonchev–Trinajstić information content (AvgIpc) is 2.69. The molecule has 10 heteroatoms. The molecular formula is C20H19ClN2O5S2. The van der Waals surface area contributed by atoms with Gasteiger partial charge in [0.25, 0.3) is 20.0 Å². The lowest BCUT2D eigenvalue weighted by Gasteiger charge is -2.12. The third-order valence-corrected chi connectivity index (χ3v) is 7.30. The van der Waals surface area contributed by atoms with Crippen LogP contribution in [-0.4, -0.2) is 23.9 Å². The fourth-order valence-electron chi connectivity index (χ4n) is 2.68. The van der Waals surface area contributed by atoms with Gasteiger partial charge < -0.3 is 4.74 Å². The van der Waals surface area contributed by atoms with E-state index in [9.17, 15) is 16.8 Å². The Morgan fingerprint density at radius 2 is 1.40 bits per heavy atom. The molecule has 0 aromatic heterocycles. The lowest BCUT2D eigenvalue weighted by Crippen LogP contribution is -2.15. The van der Waals surface area contributed by atoms with Crippen molar-refractivity contribution in [3.63, 3.8) is 0 Å². The predicted octanol–water partition coefficient (Wildman–Crippen LogP) is 4.26. The number of sulfonamides is 2. The summed E-state index contributed by atoms with van der Waals surface area (Å²) in [7, 11) is -6.23. The highest BCUT2D eigenvalue weighted by molar-refractivity contribution is 7.93. The molecule has 0 saturated carbocycles. The number of rotatable bonds is 7. The summed E-state index contributed by atoms with van der Waals surface area (Å²) >= 11 is 5.99. The summed E-state index contributed by atoms with van der Waals surface area (Å²) in [6.45, 7) is 1.74. The molecule has 0 aliphatic heterocycles. The molecule has 3 aromatic carbocycles. The van der Waals surface area contributed by atoms with Gasteiger partial charge in [0.1, 0.15) is 5.75 Å². The molecule has 0 amide bonds. The highest BCUT2D eigenvalue weighted by Crippen LogP contribution is 2.26. The molecule has 0 fully saturated rings. The maximum absolute atomic E-state index is 12.6. The van der Waals surface area contributed by atoms with E-state index < -0.39 is 20.0 Å². The lowest BCUT2D eigenvalue weighted by atomic mass is 10.2. The molecule has 7 nitrogen and oxygen atoms in total. The number of ether oxygens (including phenoxy) is 1. The lowest BCUT2D eigenvalue weighted by molar-refractivity contribution is 0.411. The fourth-order valence-corrected chi connectivity index (χ4v) is 5.14. The van der Waals surface area contributed by atoms with Crippen LogP contribution in [-0.2, 0) is 20.0 Å². The number of hydrogen-bond acceptors (Lipinski definition) is 5. The van der Waals surface area contributed by atoms with Crippen LogP contribution < -0.4 is 14.2 Å². The number of halogens is 1.